The van der Waals surface area contributed by atoms with E-state index in [9.17, 15) is 4.79 Å². The molecule has 1 aliphatic carbocycles. The maximum Gasteiger partial charge on any atom is 0.248 e. The van der Waals surface area contributed by atoms with Crippen molar-refractivity contribution in [3.63, 3.8) is 0 Å². The summed E-state index contributed by atoms with van der Waals surface area (Å²) in [6.45, 7) is 5.97. The summed E-state index contributed by atoms with van der Waals surface area (Å²) >= 11 is 0. The molecule has 154 valence electrons. The molecule has 0 spiro atoms. The molecule has 2 bridgehead atoms. The molecule has 1 amide bonds. The molecule has 1 aromatic rings. The molecule has 2 aliphatic heterocycles. The van der Waals surface area contributed by atoms with Crippen LogP contribution in [-0.4, -0.2) is 64.0 Å². The molecule has 2 heterocycles. The number of likely N-dealkylation sites (tertiary alicyclic amines) is 1. The van der Waals surface area contributed by atoms with Gasteiger partial charge >= 0.3 is 0 Å². The van der Waals surface area contributed by atoms with Gasteiger partial charge in [0, 0.05) is 50.1 Å². The lowest BCUT2D eigenvalue weighted by molar-refractivity contribution is -0.171. The molecular weight excluding hydrogens is 356 g/mol. The monoisotopic (exact) mass is 388 g/mol. The van der Waals surface area contributed by atoms with Crippen molar-refractivity contribution in [1.29, 1.82) is 0 Å². The predicted molar refractivity (Wildman–Crippen MR) is 106 cm³/mol. The number of hydrogen-bond donors (Lipinski definition) is 1. The van der Waals surface area contributed by atoms with Gasteiger partial charge in [0.2, 0.25) is 5.91 Å². The number of amides is 1. The maximum atomic E-state index is 11.7. The number of fused-ring (bicyclic) bond motifs is 2. The molecule has 28 heavy (non-hydrogen) atoms. The van der Waals surface area contributed by atoms with E-state index < -0.39 is 0 Å². The fourth-order valence-corrected chi connectivity index (χ4v) is 5.65. The van der Waals surface area contributed by atoms with Crippen molar-refractivity contribution in [3.8, 4) is 0 Å². The summed E-state index contributed by atoms with van der Waals surface area (Å²) in [5.41, 5.74) is 6.86. The van der Waals surface area contributed by atoms with Gasteiger partial charge in [0.05, 0.1) is 26.4 Å². The molecule has 2 unspecified atom stereocenters. The largest absolute Gasteiger partial charge is 0.379 e. The van der Waals surface area contributed by atoms with Gasteiger partial charge in [-0.3, -0.25) is 4.79 Å². The van der Waals surface area contributed by atoms with Gasteiger partial charge in [-0.1, -0.05) is 18.6 Å². The lowest BCUT2D eigenvalue weighted by Crippen LogP contribution is -2.59. The Labute approximate surface area is 167 Å². The van der Waals surface area contributed by atoms with Crippen LogP contribution >= 0.6 is 0 Å². The van der Waals surface area contributed by atoms with Crippen molar-refractivity contribution in [3.05, 3.63) is 35.4 Å². The minimum absolute atomic E-state index is 0.337. The van der Waals surface area contributed by atoms with Gasteiger partial charge in [0.25, 0.3) is 0 Å². The lowest BCUT2D eigenvalue weighted by atomic mass is 9.62. The zero-order valence-electron chi connectivity index (χ0n) is 16.8. The van der Waals surface area contributed by atoms with E-state index in [1.165, 1.54) is 6.42 Å². The Morgan fingerprint density at radius 1 is 1.21 bits per heavy atom. The van der Waals surface area contributed by atoms with Crippen LogP contribution in [0.5, 0.6) is 0 Å². The number of piperidine rings is 1. The quantitative estimate of drug-likeness (QED) is 0.835. The molecule has 3 fully saturated rings. The third kappa shape index (κ3) is 3.71. The summed E-state index contributed by atoms with van der Waals surface area (Å²) in [5.74, 6) is 0.849. The Bertz CT molecular complexity index is 673. The van der Waals surface area contributed by atoms with E-state index in [0.717, 1.165) is 51.3 Å². The molecule has 0 radical (unpaired) electrons. The Morgan fingerprint density at radius 2 is 1.89 bits per heavy atom. The van der Waals surface area contributed by atoms with Crippen molar-refractivity contribution in [2.45, 2.75) is 24.9 Å². The van der Waals surface area contributed by atoms with Crippen molar-refractivity contribution >= 4 is 5.91 Å². The number of nitrogens with zero attached hydrogens (tertiary/aromatic N) is 1. The van der Waals surface area contributed by atoms with Crippen LogP contribution in [0.2, 0.25) is 0 Å². The molecule has 4 rings (SSSR count). The van der Waals surface area contributed by atoms with Crippen LogP contribution in [0.4, 0.5) is 0 Å². The number of rotatable bonds is 5. The van der Waals surface area contributed by atoms with Crippen molar-refractivity contribution in [2.24, 2.45) is 23.5 Å². The first-order valence-corrected chi connectivity index (χ1v) is 10.5. The zero-order valence-corrected chi connectivity index (χ0v) is 16.8. The Morgan fingerprint density at radius 3 is 2.50 bits per heavy atom. The number of benzene rings is 1. The Balaban J connectivity index is 1.56. The minimum Gasteiger partial charge on any atom is -0.379 e. The summed E-state index contributed by atoms with van der Waals surface area (Å²) in [6.07, 6.45) is 3.51. The molecule has 2 saturated heterocycles. The van der Waals surface area contributed by atoms with Crippen LogP contribution in [-0.2, 0) is 19.8 Å². The summed E-state index contributed by atoms with van der Waals surface area (Å²) in [6, 6.07) is 7.76. The molecule has 6 nitrogen and oxygen atoms in total. The number of primary amides is 1. The van der Waals surface area contributed by atoms with Crippen LogP contribution in [0, 0.1) is 17.8 Å². The SMILES string of the molecule is COC1(c2cccc(C(N)=O)c2)C2CCCC1CN(CC1COCCOC1)C2. The van der Waals surface area contributed by atoms with E-state index in [-0.39, 0.29) is 11.5 Å². The minimum atomic E-state index is -0.385. The highest BCUT2D eigenvalue weighted by Gasteiger charge is 2.53. The average Bonchev–Trinajstić information content (AvgIpc) is 2.96. The number of carbonyl (C=O) groups excluding carboxylic acids is 1. The fourth-order valence-electron chi connectivity index (χ4n) is 5.65. The van der Waals surface area contributed by atoms with Crippen molar-refractivity contribution in [1.82, 2.24) is 4.90 Å². The normalized spacial score (nSPS) is 32.0. The van der Waals surface area contributed by atoms with Crippen molar-refractivity contribution in [2.75, 3.05) is 53.2 Å². The first kappa shape index (κ1) is 19.8. The molecule has 1 saturated carbocycles. The number of hydrogen-bond acceptors (Lipinski definition) is 5. The van der Waals surface area contributed by atoms with E-state index in [1.807, 2.05) is 19.2 Å². The summed E-state index contributed by atoms with van der Waals surface area (Å²) in [7, 11) is 1.82. The first-order valence-electron chi connectivity index (χ1n) is 10.5. The lowest BCUT2D eigenvalue weighted by Gasteiger charge is -2.55. The van der Waals surface area contributed by atoms with Crippen LogP contribution in [0.15, 0.2) is 24.3 Å². The van der Waals surface area contributed by atoms with Gasteiger partial charge in [0.15, 0.2) is 0 Å². The van der Waals surface area contributed by atoms with Crippen LogP contribution in [0.1, 0.15) is 35.2 Å². The third-order valence-corrected chi connectivity index (χ3v) is 6.81. The molecule has 2 N–H and O–H groups in total. The summed E-state index contributed by atoms with van der Waals surface area (Å²) in [4.78, 5) is 14.3. The molecule has 6 heteroatoms. The third-order valence-electron chi connectivity index (χ3n) is 6.81. The Hall–Kier alpha value is -1.47. The molecule has 0 aromatic heterocycles. The van der Waals surface area contributed by atoms with Crippen LogP contribution in [0.25, 0.3) is 0 Å². The van der Waals surface area contributed by atoms with E-state index in [0.29, 0.717) is 36.5 Å². The molecule has 2 atom stereocenters. The summed E-state index contributed by atoms with van der Waals surface area (Å²) in [5, 5.41) is 0. The highest BCUT2D eigenvalue weighted by atomic mass is 16.5. The number of methoxy groups -OCH3 is 1. The standard InChI is InChI=1S/C22H32N2O4/c1-26-22(18-5-2-4-17(10-18)21(23)25)19-6-3-7-20(22)13-24(12-19)11-16-14-27-8-9-28-15-16/h2,4-5,10,16,19-20H,3,6-9,11-15H2,1H3,(H2,23,25). The number of carbonyl (C=O) groups is 1. The number of ether oxygens (including phenoxy) is 3. The van der Waals surface area contributed by atoms with Gasteiger partial charge in [-0.2, -0.15) is 0 Å². The Kier molecular flexibility index (Phi) is 6.01. The molecule has 1 aromatic carbocycles. The second-order valence-electron chi connectivity index (χ2n) is 8.50. The molecular formula is C22H32N2O4. The van der Waals surface area contributed by atoms with Crippen molar-refractivity contribution < 1.29 is 19.0 Å². The fraction of sp³-hybridized carbons (Fsp3) is 0.682. The van der Waals surface area contributed by atoms with E-state index in [1.54, 1.807) is 6.07 Å². The van der Waals surface area contributed by atoms with Gasteiger partial charge in [0.1, 0.15) is 5.60 Å². The summed E-state index contributed by atoms with van der Waals surface area (Å²) < 4.78 is 17.7. The average molecular weight is 389 g/mol. The number of nitrogens with two attached hydrogens (primary N) is 1. The highest BCUT2D eigenvalue weighted by molar-refractivity contribution is 5.92. The second-order valence-corrected chi connectivity index (χ2v) is 8.50. The van der Waals surface area contributed by atoms with Crippen LogP contribution < -0.4 is 5.73 Å². The topological polar surface area (TPSA) is 74.0 Å². The predicted octanol–water partition coefficient (Wildman–Crippen LogP) is 2.02. The van der Waals surface area contributed by atoms with Gasteiger partial charge in [-0.15, -0.1) is 0 Å². The second kappa shape index (κ2) is 8.49. The van der Waals surface area contributed by atoms with E-state index >= 15 is 0 Å². The van der Waals surface area contributed by atoms with Gasteiger partial charge in [-0.25, -0.2) is 0 Å². The van der Waals surface area contributed by atoms with E-state index in [2.05, 4.69) is 11.0 Å². The molecule has 3 aliphatic rings. The highest BCUT2D eigenvalue weighted by Crippen LogP contribution is 2.51. The first-order chi connectivity index (χ1) is 13.6. The smallest absolute Gasteiger partial charge is 0.248 e. The van der Waals surface area contributed by atoms with Gasteiger partial charge < -0.3 is 24.8 Å². The van der Waals surface area contributed by atoms with Crippen LogP contribution in [0.3, 0.4) is 0 Å². The van der Waals surface area contributed by atoms with E-state index in [4.69, 9.17) is 19.9 Å². The van der Waals surface area contributed by atoms with Gasteiger partial charge in [-0.05, 0) is 30.5 Å². The zero-order chi connectivity index (χ0) is 19.6. The maximum absolute atomic E-state index is 11.7.